The topological polar surface area (TPSA) is 46.3 Å². The Morgan fingerprint density at radius 2 is 1.70 bits per heavy atom. The zero-order chi connectivity index (χ0) is 16.2. The predicted molar refractivity (Wildman–Crippen MR) is 92.7 cm³/mol. The molecule has 0 spiro atoms. The smallest absolute Gasteiger partial charge is 0.220 e. The highest BCUT2D eigenvalue weighted by Crippen LogP contribution is 2.39. The average molecular weight is 308 g/mol. The molecule has 0 aromatic heterocycles. The van der Waals surface area contributed by atoms with Gasteiger partial charge >= 0.3 is 0 Å². The third-order valence-corrected chi connectivity index (χ3v) is 5.01. The van der Waals surface area contributed by atoms with Gasteiger partial charge in [-0.15, -0.1) is 0 Å². The van der Waals surface area contributed by atoms with Crippen LogP contribution in [0.15, 0.2) is 60.7 Å². The Kier molecular flexibility index (Phi) is 4.77. The van der Waals surface area contributed by atoms with Crippen molar-refractivity contribution < 1.29 is 4.79 Å². The number of carbonyl (C=O) groups excluding carboxylic acids is 1. The highest BCUT2D eigenvalue weighted by atomic mass is 16.1. The van der Waals surface area contributed by atoms with E-state index in [1.165, 1.54) is 11.1 Å². The summed E-state index contributed by atoms with van der Waals surface area (Å²) in [4.78, 5) is 14.2. The van der Waals surface area contributed by atoms with Crippen molar-refractivity contribution in [3.05, 3.63) is 71.8 Å². The molecule has 3 rings (SSSR count). The number of piperidine rings is 1. The Morgan fingerprint density at radius 3 is 2.30 bits per heavy atom. The second kappa shape index (κ2) is 6.97. The number of amides is 1. The summed E-state index contributed by atoms with van der Waals surface area (Å²) in [5.41, 5.74) is 8.16. The second-order valence-electron chi connectivity index (χ2n) is 6.37. The Labute approximate surface area is 138 Å². The van der Waals surface area contributed by atoms with Gasteiger partial charge in [0, 0.05) is 24.5 Å². The van der Waals surface area contributed by atoms with Gasteiger partial charge in [0.05, 0.1) is 0 Å². The van der Waals surface area contributed by atoms with Crippen LogP contribution in [0.5, 0.6) is 0 Å². The highest BCUT2D eigenvalue weighted by Gasteiger charge is 2.34. The number of hydrogen-bond acceptors (Lipinski definition) is 2. The first-order chi connectivity index (χ1) is 11.2. The molecule has 2 aromatic rings. The van der Waals surface area contributed by atoms with E-state index >= 15 is 0 Å². The summed E-state index contributed by atoms with van der Waals surface area (Å²) in [7, 11) is 0. The molecule has 0 bridgehead atoms. The van der Waals surface area contributed by atoms with Gasteiger partial charge < -0.3 is 5.73 Å². The fourth-order valence-electron chi connectivity index (χ4n) is 3.63. The van der Waals surface area contributed by atoms with E-state index < -0.39 is 0 Å². The van der Waals surface area contributed by atoms with Crippen LogP contribution >= 0.6 is 0 Å². The molecule has 3 heteroatoms. The maximum absolute atomic E-state index is 11.7. The van der Waals surface area contributed by atoms with Crippen molar-refractivity contribution >= 4 is 5.91 Å². The van der Waals surface area contributed by atoms with Gasteiger partial charge in [-0.1, -0.05) is 60.7 Å². The van der Waals surface area contributed by atoms with Gasteiger partial charge in [0.15, 0.2) is 0 Å². The molecule has 1 amide bonds. The van der Waals surface area contributed by atoms with Gasteiger partial charge in [-0.25, -0.2) is 0 Å². The summed E-state index contributed by atoms with van der Waals surface area (Å²) in [6.45, 7) is 3.14. The number of nitrogens with two attached hydrogens (primary N) is 1. The minimum atomic E-state index is -0.169. The van der Waals surface area contributed by atoms with E-state index in [0.717, 1.165) is 19.4 Å². The van der Waals surface area contributed by atoms with Crippen LogP contribution in [0.3, 0.4) is 0 Å². The van der Waals surface area contributed by atoms with Gasteiger partial charge in [-0.05, 0) is 30.9 Å². The van der Waals surface area contributed by atoms with Crippen LogP contribution in [-0.2, 0) is 4.79 Å². The van der Waals surface area contributed by atoms with E-state index in [2.05, 4.69) is 60.4 Å². The van der Waals surface area contributed by atoms with E-state index in [4.69, 9.17) is 5.73 Å². The van der Waals surface area contributed by atoms with E-state index in [1.807, 2.05) is 12.1 Å². The van der Waals surface area contributed by atoms with Gasteiger partial charge in [0.1, 0.15) is 0 Å². The molecule has 0 aliphatic carbocycles. The van der Waals surface area contributed by atoms with E-state index in [1.54, 1.807) is 0 Å². The molecule has 3 atom stereocenters. The average Bonchev–Trinajstić information content (AvgIpc) is 2.62. The molecular formula is C20H24N2O. The molecule has 3 nitrogen and oxygen atoms in total. The fraction of sp³-hybridized carbons (Fsp3) is 0.350. The number of primary amides is 1. The largest absolute Gasteiger partial charge is 0.369 e. The summed E-state index contributed by atoms with van der Waals surface area (Å²) < 4.78 is 0. The number of benzene rings is 2. The van der Waals surface area contributed by atoms with Crippen molar-refractivity contribution in [1.29, 1.82) is 0 Å². The maximum Gasteiger partial charge on any atom is 0.220 e. The Bertz CT molecular complexity index is 641. The monoisotopic (exact) mass is 308 g/mol. The van der Waals surface area contributed by atoms with Crippen molar-refractivity contribution in [2.24, 2.45) is 11.7 Å². The number of nitrogens with zero attached hydrogens (tertiary/aromatic N) is 1. The molecule has 2 aromatic carbocycles. The lowest BCUT2D eigenvalue weighted by Crippen LogP contribution is -2.42. The van der Waals surface area contributed by atoms with Crippen molar-refractivity contribution in [2.45, 2.75) is 31.8 Å². The molecule has 3 unspecified atom stereocenters. The molecule has 1 aliphatic heterocycles. The van der Waals surface area contributed by atoms with Crippen LogP contribution in [0.2, 0.25) is 0 Å². The van der Waals surface area contributed by atoms with E-state index in [9.17, 15) is 4.79 Å². The summed E-state index contributed by atoms with van der Waals surface area (Å²) in [6, 6.07) is 21.6. The summed E-state index contributed by atoms with van der Waals surface area (Å²) in [5.74, 6) is -0.197. The molecule has 1 heterocycles. The van der Waals surface area contributed by atoms with Crippen LogP contribution in [0, 0.1) is 5.92 Å². The van der Waals surface area contributed by atoms with Gasteiger partial charge in [0.2, 0.25) is 5.91 Å². The van der Waals surface area contributed by atoms with Crippen LogP contribution in [-0.4, -0.2) is 17.4 Å². The van der Waals surface area contributed by atoms with E-state index in [0.29, 0.717) is 6.04 Å². The van der Waals surface area contributed by atoms with Crippen molar-refractivity contribution in [3.8, 4) is 0 Å². The Balaban J connectivity index is 1.89. The molecule has 2 N–H and O–H groups in total. The lowest BCUT2D eigenvalue weighted by atomic mass is 9.85. The van der Waals surface area contributed by atoms with Crippen LogP contribution < -0.4 is 5.73 Å². The quantitative estimate of drug-likeness (QED) is 0.936. The minimum absolute atomic E-state index is 0.0283. The first-order valence-electron chi connectivity index (χ1n) is 8.31. The zero-order valence-electron chi connectivity index (χ0n) is 13.6. The summed E-state index contributed by atoms with van der Waals surface area (Å²) >= 11 is 0. The highest BCUT2D eigenvalue weighted by molar-refractivity contribution is 5.76. The number of rotatable bonds is 4. The van der Waals surface area contributed by atoms with Crippen molar-refractivity contribution in [2.75, 3.05) is 6.54 Å². The minimum Gasteiger partial charge on any atom is -0.369 e. The molecule has 0 radical (unpaired) electrons. The molecule has 1 fully saturated rings. The number of likely N-dealkylation sites (tertiary alicyclic amines) is 1. The molecule has 1 aliphatic rings. The zero-order valence-corrected chi connectivity index (χ0v) is 13.6. The molecule has 1 saturated heterocycles. The van der Waals surface area contributed by atoms with Gasteiger partial charge in [-0.3, -0.25) is 9.69 Å². The fourth-order valence-corrected chi connectivity index (χ4v) is 3.63. The Hall–Kier alpha value is -2.13. The maximum atomic E-state index is 11.7. The number of hydrogen-bond donors (Lipinski definition) is 1. The molecular weight excluding hydrogens is 284 g/mol. The second-order valence-corrected chi connectivity index (χ2v) is 6.37. The van der Waals surface area contributed by atoms with Crippen LogP contribution in [0.25, 0.3) is 0 Å². The lowest BCUT2D eigenvalue weighted by Gasteiger charge is -2.42. The number of carbonyl (C=O) groups is 1. The van der Waals surface area contributed by atoms with Crippen LogP contribution in [0.4, 0.5) is 0 Å². The van der Waals surface area contributed by atoms with Crippen molar-refractivity contribution in [1.82, 2.24) is 4.90 Å². The van der Waals surface area contributed by atoms with E-state index in [-0.39, 0.29) is 17.9 Å². The van der Waals surface area contributed by atoms with Gasteiger partial charge in [-0.2, -0.15) is 0 Å². The lowest BCUT2D eigenvalue weighted by molar-refractivity contribution is -0.124. The first kappa shape index (κ1) is 15.8. The van der Waals surface area contributed by atoms with Gasteiger partial charge in [0.25, 0.3) is 0 Å². The SMILES string of the molecule is CC(c1ccccc1)N1CCC(C(N)=O)CC1c1ccccc1. The Morgan fingerprint density at radius 1 is 1.09 bits per heavy atom. The first-order valence-corrected chi connectivity index (χ1v) is 8.31. The van der Waals surface area contributed by atoms with Crippen LogP contribution in [0.1, 0.15) is 43.0 Å². The third kappa shape index (κ3) is 3.45. The summed E-state index contributed by atoms with van der Waals surface area (Å²) in [6.07, 6.45) is 1.65. The summed E-state index contributed by atoms with van der Waals surface area (Å²) in [5, 5.41) is 0. The molecule has 23 heavy (non-hydrogen) atoms. The standard InChI is InChI=1S/C20H24N2O/c1-15(16-8-4-2-5-9-16)22-13-12-18(20(21)23)14-19(22)17-10-6-3-7-11-17/h2-11,15,18-19H,12-14H2,1H3,(H2,21,23). The predicted octanol–water partition coefficient (Wildman–Crippen LogP) is 3.69. The third-order valence-electron chi connectivity index (χ3n) is 5.01. The molecule has 0 saturated carbocycles. The van der Waals surface area contributed by atoms with Crippen molar-refractivity contribution in [3.63, 3.8) is 0 Å². The molecule has 120 valence electrons. The normalized spacial score (nSPS) is 23.3.